The molecule has 0 unspecified atom stereocenters. The summed E-state index contributed by atoms with van der Waals surface area (Å²) in [5.74, 6) is 2.03. The molecular weight excluding hydrogens is 288 g/mol. The monoisotopic (exact) mass is 300 g/mol. The standard InChI is InChI=1S/C12H13ClN2OS2/c13-10-4-14-2-1-8(10)3-15-11-6-18-7-12(16)9(11)5-17/h1-2,4,15,17H,3,5-7H2. The van der Waals surface area contributed by atoms with Gasteiger partial charge in [0, 0.05) is 41.7 Å². The van der Waals surface area contributed by atoms with Gasteiger partial charge in [0.2, 0.25) is 0 Å². The van der Waals surface area contributed by atoms with Gasteiger partial charge >= 0.3 is 0 Å². The average molecular weight is 301 g/mol. The van der Waals surface area contributed by atoms with E-state index in [4.69, 9.17) is 11.6 Å². The Morgan fingerprint density at radius 1 is 1.50 bits per heavy atom. The van der Waals surface area contributed by atoms with E-state index in [0.717, 1.165) is 22.6 Å². The van der Waals surface area contributed by atoms with E-state index in [1.807, 2.05) is 6.07 Å². The van der Waals surface area contributed by atoms with Crippen LogP contribution in [0.3, 0.4) is 0 Å². The first-order chi connectivity index (χ1) is 8.72. The lowest BCUT2D eigenvalue weighted by Gasteiger charge is -2.19. The molecule has 6 heteroatoms. The Hall–Kier alpha value is -0.650. The van der Waals surface area contributed by atoms with Gasteiger partial charge in [0.25, 0.3) is 0 Å². The number of Topliss-reactive ketones (excluding diaryl/α,β-unsaturated/α-hetero) is 1. The predicted molar refractivity (Wildman–Crippen MR) is 79.3 cm³/mol. The lowest BCUT2D eigenvalue weighted by atomic mass is 10.1. The molecule has 0 fully saturated rings. The second-order valence-electron chi connectivity index (χ2n) is 3.85. The number of nitrogens with zero attached hydrogens (tertiary/aromatic N) is 1. The lowest BCUT2D eigenvalue weighted by Crippen LogP contribution is -2.25. The van der Waals surface area contributed by atoms with E-state index in [1.165, 1.54) is 0 Å². The minimum Gasteiger partial charge on any atom is -0.383 e. The molecule has 0 saturated heterocycles. The van der Waals surface area contributed by atoms with E-state index >= 15 is 0 Å². The third-order valence-corrected chi connectivity index (χ3v) is 4.30. The van der Waals surface area contributed by atoms with Crippen LogP contribution in [0.15, 0.2) is 29.7 Å². The second kappa shape index (κ2) is 6.50. The number of nitrogens with one attached hydrogen (secondary N) is 1. The molecule has 0 aromatic carbocycles. The van der Waals surface area contributed by atoms with Crippen molar-refractivity contribution < 1.29 is 4.79 Å². The maximum absolute atomic E-state index is 11.7. The molecule has 0 aliphatic carbocycles. The fourth-order valence-electron chi connectivity index (χ4n) is 1.68. The number of halogens is 1. The molecule has 18 heavy (non-hydrogen) atoms. The van der Waals surface area contributed by atoms with Crippen molar-refractivity contribution in [1.82, 2.24) is 10.3 Å². The van der Waals surface area contributed by atoms with Gasteiger partial charge < -0.3 is 5.32 Å². The summed E-state index contributed by atoms with van der Waals surface area (Å²) in [4.78, 5) is 15.7. The number of thiol groups is 1. The molecule has 2 rings (SSSR count). The predicted octanol–water partition coefficient (Wildman–Crippen LogP) is 2.32. The highest BCUT2D eigenvalue weighted by Crippen LogP contribution is 2.21. The number of hydrogen-bond donors (Lipinski definition) is 2. The van der Waals surface area contributed by atoms with Crippen LogP contribution in [0.1, 0.15) is 5.56 Å². The molecular formula is C12H13ClN2OS2. The molecule has 3 nitrogen and oxygen atoms in total. The quantitative estimate of drug-likeness (QED) is 0.838. The first-order valence-corrected chi connectivity index (χ1v) is 7.65. The third-order valence-electron chi connectivity index (χ3n) is 2.69. The minimum atomic E-state index is 0.171. The second-order valence-corrected chi connectivity index (χ2v) is 5.56. The summed E-state index contributed by atoms with van der Waals surface area (Å²) in [6.07, 6.45) is 3.32. The van der Waals surface area contributed by atoms with Gasteiger partial charge in [-0.3, -0.25) is 9.78 Å². The van der Waals surface area contributed by atoms with E-state index in [0.29, 0.717) is 23.1 Å². The highest BCUT2D eigenvalue weighted by atomic mass is 35.5. The summed E-state index contributed by atoms with van der Waals surface area (Å²) in [7, 11) is 0. The van der Waals surface area contributed by atoms with Gasteiger partial charge in [0.15, 0.2) is 5.78 Å². The number of carbonyl (C=O) groups excluding carboxylic acids is 1. The number of ketones is 1. The van der Waals surface area contributed by atoms with Crippen molar-refractivity contribution in [3.8, 4) is 0 Å². The van der Waals surface area contributed by atoms with Gasteiger partial charge in [-0.15, -0.1) is 11.8 Å². The van der Waals surface area contributed by atoms with Gasteiger partial charge in [0.05, 0.1) is 10.8 Å². The molecule has 1 N–H and O–H groups in total. The molecule has 0 amide bonds. The summed E-state index contributed by atoms with van der Waals surface area (Å²) in [6, 6.07) is 1.87. The smallest absolute Gasteiger partial charge is 0.171 e. The zero-order valence-electron chi connectivity index (χ0n) is 9.65. The van der Waals surface area contributed by atoms with Crippen LogP contribution in [0.5, 0.6) is 0 Å². The molecule has 2 heterocycles. The molecule has 1 aromatic rings. The van der Waals surface area contributed by atoms with Gasteiger partial charge in [-0.05, 0) is 11.6 Å². The first-order valence-electron chi connectivity index (χ1n) is 5.48. The summed E-state index contributed by atoms with van der Waals surface area (Å²) in [5.41, 5.74) is 2.74. The van der Waals surface area contributed by atoms with Crippen LogP contribution >= 0.6 is 36.0 Å². The molecule has 96 valence electrons. The summed E-state index contributed by atoms with van der Waals surface area (Å²) in [6.45, 7) is 0.599. The van der Waals surface area contributed by atoms with Crippen LogP contribution in [0.25, 0.3) is 0 Å². The minimum absolute atomic E-state index is 0.171. The maximum atomic E-state index is 11.7. The Bertz CT molecular complexity index is 491. The topological polar surface area (TPSA) is 42.0 Å². The van der Waals surface area contributed by atoms with E-state index in [9.17, 15) is 4.79 Å². The van der Waals surface area contributed by atoms with Crippen molar-refractivity contribution in [3.63, 3.8) is 0 Å². The molecule has 0 atom stereocenters. The highest BCUT2D eigenvalue weighted by Gasteiger charge is 2.19. The molecule has 0 spiro atoms. The van der Waals surface area contributed by atoms with Crippen molar-refractivity contribution >= 4 is 41.8 Å². The third kappa shape index (κ3) is 3.22. The van der Waals surface area contributed by atoms with Gasteiger partial charge in [0.1, 0.15) is 0 Å². The number of pyridine rings is 1. The molecule has 1 aliphatic rings. The number of thioether (sulfide) groups is 1. The van der Waals surface area contributed by atoms with Crippen LogP contribution < -0.4 is 5.32 Å². The molecule has 1 aromatic heterocycles. The van der Waals surface area contributed by atoms with Gasteiger partial charge in [-0.25, -0.2) is 0 Å². The number of rotatable bonds is 4. The number of carbonyl (C=O) groups is 1. The van der Waals surface area contributed by atoms with Crippen LogP contribution in [-0.4, -0.2) is 28.0 Å². The van der Waals surface area contributed by atoms with E-state index < -0.39 is 0 Å². The van der Waals surface area contributed by atoms with Crippen molar-refractivity contribution in [2.75, 3.05) is 17.3 Å². The highest BCUT2D eigenvalue weighted by molar-refractivity contribution is 8.00. The largest absolute Gasteiger partial charge is 0.383 e. The van der Waals surface area contributed by atoms with Crippen molar-refractivity contribution in [2.24, 2.45) is 0 Å². The Labute approximate surface area is 121 Å². The zero-order valence-corrected chi connectivity index (χ0v) is 12.1. The van der Waals surface area contributed by atoms with Crippen LogP contribution in [0.4, 0.5) is 0 Å². The van der Waals surface area contributed by atoms with E-state index in [1.54, 1.807) is 24.2 Å². The molecule has 1 aliphatic heterocycles. The summed E-state index contributed by atoms with van der Waals surface area (Å²) in [5, 5.41) is 3.92. The summed E-state index contributed by atoms with van der Waals surface area (Å²) < 4.78 is 0. The fraction of sp³-hybridized carbons (Fsp3) is 0.333. The molecule has 0 saturated carbocycles. The fourth-order valence-corrected chi connectivity index (χ4v) is 3.17. The first kappa shape index (κ1) is 13.8. The SMILES string of the molecule is O=C1CSCC(NCc2ccncc2Cl)=C1CS. The average Bonchev–Trinajstić information content (AvgIpc) is 2.38. The summed E-state index contributed by atoms with van der Waals surface area (Å²) >= 11 is 11.9. The van der Waals surface area contributed by atoms with Crippen LogP contribution in [0.2, 0.25) is 5.02 Å². The Morgan fingerprint density at radius 3 is 3.06 bits per heavy atom. The zero-order chi connectivity index (χ0) is 13.0. The number of aromatic nitrogens is 1. The Balaban J connectivity index is 2.09. The van der Waals surface area contributed by atoms with Crippen LogP contribution in [0, 0.1) is 0 Å². The van der Waals surface area contributed by atoms with E-state index in [2.05, 4.69) is 22.9 Å². The van der Waals surface area contributed by atoms with E-state index in [-0.39, 0.29) is 5.78 Å². The van der Waals surface area contributed by atoms with Gasteiger partial charge in [-0.2, -0.15) is 12.6 Å². The van der Waals surface area contributed by atoms with Crippen molar-refractivity contribution in [2.45, 2.75) is 6.54 Å². The molecule has 0 radical (unpaired) electrons. The maximum Gasteiger partial charge on any atom is 0.171 e. The van der Waals surface area contributed by atoms with Crippen molar-refractivity contribution in [3.05, 3.63) is 40.3 Å². The van der Waals surface area contributed by atoms with Crippen LogP contribution in [-0.2, 0) is 11.3 Å². The lowest BCUT2D eigenvalue weighted by molar-refractivity contribution is -0.113. The normalized spacial score (nSPS) is 16.0. The molecule has 0 bridgehead atoms. The Kier molecular flexibility index (Phi) is 4.97. The number of hydrogen-bond acceptors (Lipinski definition) is 5. The van der Waals surface area contributed by atoms with Crippen molar-refractivity contribution in [1.29, 1.82) is 0 Å². The Morgan fingerprint density at radius 2 is 2.33 bits per heavy atom. The van der Waals surface area contributed by atoms with Gasteiger partial charge in [-0.1, -0.05) is 11.6 Å².